The lowest BCUT2D eigenvalue weighted by molar-refractivity contribution is -0.0266. The van der Waals surface area contributed by atoms with Crippen molar-refractivity contribution in [3.8, 4) is 0 Å². The third-order valence-corrected chi connectivity index (χ3v) is 5.13. The van der Waals surface area contributed by atoms with Crippen LogP contribution in [0.1, 0.15) is 35.9 Å². The van der Waals surface area contributed by atoms with Crippen LogP contribution in [-0.2, 0) is 18.3 Å². The molecule has 1 saturated heterocycles. The summed E-state index contributed by atoms with van der Waals surface area (Å²) in [4.78, 5) is 10.8. The SMILES string of the molecule is CN=C(NCC1CCCOC1c1ccc(C)cc1)N(C)Cc1ncnn1C. The van der Waals surface area contributed by atoms with E-state index in [1.54, 1.807) is 11.0 Å². The number of nitrogens with zero attached hydrogens (tertiary/aromatic N) is 5. The number of hydrogen-bond acceptors (Lipinski definition) is 4. The minimum atomic E-state index is 0.133. The van der Waals surface area contributed by atoms with E-state index in [0.29, 0.717) is 12.5 Å². The van der Waals surface area contributed by atoms with Gasteiger partial charge in [-0.3, -0.25) is 9.67 Å². The van der Waals surface area contributed by atoms with Crippen molar-refractivity contribution in [1.29, 1.82) is 0 Å². The van der Waals surface area contributed by atoms with Gasteiger partial charge in [-0.2, -0.15) is 5.10 Å². The van der Waals surface area contributed by atoms with Gasteiger partial charge in [0.2, 0.25) is 0 Å². The van der Waals surface area contributed by atoms with Crippen LogP contribution in [0.3, 0.4) is 0 Å². The molecule has 3 rings (SSSR count). The minimum absolute atomic E-state index is 0.133. The summed E-state index contributed by atoms with van der Waals surface area (Å²) < 4.78 is 7.91. The Morgan fingerprint density at radius 1 is 1.37 bits per heavy atom. The lowest BCUT2D eigenvalue weighted by Gasteiger charge is -2.33. The van der Waals surface area contributed by atoms with Crippen molar-refractivity contribution in [1.82, 2.24) is 25.0 Å². The van der Waals surface area contributed by atoms with Crippen molar-refractivity contribution in [3.05, 3.63) is 47.5 Å². The molecule has 2 aromatic rings. The van der Waals surface area contributed by atoms with Gasteiger partial charge in [0.05, 0.1) is 12.6 Å². The highest BCUT2D eigenvalue weighted by Crippen LogP contribution is 2.33. The average molecular weight is 371 g/mol. The van der Waals surface area contributed by atoms with Gasteiger partial charge >= 0.3 is 0 Å². The van der Waals surface area contributed by atoms with E-state index in [1.165, 1.54) is 11.1 Å². The van der Waals surface area contributed by atoms with Crippen LogP contribution >= 0.6 is 0 Å². The Kier molecular flexibility index (Phi) is 6.45. The number of benzene rings is 1. The first kappa shape index (κ1) is 19.4. The molecule has 0 radical (unpaired) electrons. The van der Waals surface area contributed by atoms with Gasteiger partial charge in [-0.15, -0.1) is 0 Å². The van der Waals surface area contributed by atoms with Crippen LogP contribution in [0, 0.1) is 12.8 Å². The second-order valence-electron chi connectivity index (χ2n) is 7.19. The number of guanidine groups is 1. The largest absolute Gasteiger partial charge is 0.373 e. The van der Waals surface area contributed by atoms with E-state index >= 15 is 0 Å². The van der Waals surface area contributed by atoms with Gasteiger partial charge in [0.25, 0.3) is 0 Å². The van der Waals surface area contributed by atoms with E-state index in [-0.39, 0.29) is 6.10 Å². The summed E-state index contributed by atoms with van der Waals surface area (Å²) in [6, 6.07) is 8.69. The lowest BCUT2D eigenvalue weighted by atomic mass is 9.89. The van der Waals surface area contributed by atoms with Gasteiger partial charge in [0.15, 0.2) is 5.96 Å². The molecule has 2 atom stereocenters. The molecule has 1 aromatic carbocycles. The van der Waals surface area contributed by atoms with Crippen molar-refractivity contribution in [2.45, 2.75) is 32.4 Å². The molecule has 7 nitrogen and oxygen atoms in total. The summed E-state index contributed by atoms with van der Waals surface area (Å²) in [5, 5.41) is 7.65. The molecule has 2 unspecified atom stereocenters. The predicted octanol–water partition coefficient (Wildman–Crippen LogP) is 2.30. The molecule has 0 saturated carbocycles. The molecule has 7 heteroatoms. The Morgan fingerprint density at radius 3 is 2.81 bits per heavy atom. The lowest BCUT2D eigenvalue weighted by Crippen LogP contribution is -2.42. The van der Waals surface area contributed by atoms with E-state index in [1.807, 2.05) is 21.1 Å². The minimum Gasteiger partial charge on any atom is -0.373 e. The van der Waals surface area contributed by atoms with Gasteiger partial charge in [-0.25, -0.2) is 4.98 Å². The molecule has 0 aliphatic carbocycles. The van der Waals surface area contributed by atoms with Crippen LogP contribution in [0.15, 0.2) is 35.6 Å². The van der Waals surface area contributed by atoms with E-state index in [4.69, 9.17) is 4.74 Å². The van der Waals surface area contributed by atoms with E-state index in [9.17, 15) is 0 Å². The molecule has 1 aromatic heterocycles. The Bertz CT molecular complexity index is 754. The fraction of sp³-hybridized carbons (Fsp3) is 0.550. The van der Waals surface area contributed by atoms with Crippen LogP contribution in [-0.4, -0.2) is 52.9 Å². The molecule has 1 aliphatic heterocycles. The van der Waals surface area contributed by atoms with Crippen molar-refractivity contribution < 1.29 is 4.74 Å². The van der Waals surface area contributed by atoms with Crippen molar-refractivity contribution in [2.24, 2.45) is 18.0 Å². The van der Waals surface area contributed by atoms with Crippen LogP contribution < -0.4 is 5.32 Å². The van der Waals surface area contributed by atoms with Gasteiger partial charge in [0, 0.05) is 40.2 Å². The summed E-state index contributed by atoms with van der Waals surface area (Å²) in [5.41, 5.74) is 2.53. The van der Waals surface area contributed by atoms with E-state index in [0.717, 1.165) is 37.8 Å². The Labute approximate surface area is 161 Å². The maximum Gasteiger partial charge on any atom is 0.193 e. The molecule has 27 heavy (non-hydrogen) atoms. The first-order chi connectivity index (χ1) is 13.1. The van der Waals surface area contributed by atoms with E-state index in [2.05, 4.69) is 56.5 Å². The molecule has 0 spiro atoms. The standard InChI is InChI=1S/C20H30N6O/c1-15-7-9-16(10-8-15)19-17(6-5-11-27-19)12-22-20(21-2)25(3)13-18-23-14-24-26(18)4/h7-10,14,17,19H,5-6,11-13H2,1-4H3,(H,21,22). The highest BCUT2D eigenvalue weighted by Gasteiger charge is 2.27. The third kappa shape index (κ3) is 4.86. The Balaban J connectivity index is 1.61. The van der Waals surface area contributed by atoms with Crippen LogP contribution in [0.5, 0.6) is 0 Å². The second kappa shape index (κ2) is 8.99. The zero-order valence-corrected chi connectivity index (χ0v) is 16.7. The van der Waals surface area contributed by atoms with Crippen molar-refractivity contribution in [2.75, 3.05) is 27.2 Å². The molecule has 2 heterocycles. The summed E-state index contributed by atoms with van der Waals surface area (Å²) >= 11 is 0. The summed E-state index contributed by atoms with van der Waals surface area (Å²) in [6.07, 6.45) is 3.96. The maximum atomic E-state index is 6.13. The zero-order chi connectivity index (χ0) is 19.2. The van der Waals surface area contributed by atoms with E-state index < -0.39 is 0 Å². The highest BCUT2D eigenvalue weighted by atomic mass is 16.5. The molecule has 0 bridgehead atoms. The fourth-order valence-electron chi connectivity index (χ4n) is 3.53. The smallest absolute Gasteiger partial charge is 0.193 e. The van der Waals surface area contributed by atoms with Gasteiger partial charge in [0.1, 0.15) is 12.2 Å². The zero-order valence-electron chi connectivity index (χ0n) is 16.7. The fourth-order valence-corrected chi connectivity index (χ4v) is 3.53. The Morgan fingerprint density at radius 2 is 2.15 bits per heavy atom. The molecule has 1 N–H and O–H groups in total. The van der Waals surface area contributed by atoms with Crippen LogP contribution in [0.2, 0.25) is 0 Å². The molecular weight excluding hydrogens is 340 g/mol. The van der Waals surface area contributed by atoms with Crippen LogP contribution in [0.25, 0.3) is 0 Å². The van der Waals surface area contributed by atoms with Gasteiger partial charge in [-0.1, -0.05) is 29.8 Å². The van der Waals surface area contributed by atoms with Crippen molar-refractivity contribution >= 4 is 5.96 Å². The Hall–Kier alpha value is -2.41. The molecule has 0 amide bonds. The van der Waals surface area contributed by atoms with Gasteiger partial charge in [-0.05, 0) is 25.3 Å². The third-order valence-electron chi connectivity index (χ3n) is 5.13. The first-order valence-electron chi connectivity index (χ1n) is 9.51. The molecule has 1 aliphatic rings. The number of hydrogen-bond donors (Lipinski definition) is 1. The monoisotopic (exact) mass is 370 g/mol. The van der Waals surface area contributed by atoms with Crippen molar-refractivity contribution in [3.63, 3.8) is 0 Å². The number of nitrogens with one attached hydrogen (secondary N) is 1. The number of ether oxygens (including phenoxy) is 1. The maximum absolute atomic E-state index is 6.13. The van der Waals surface area contributed by atoms with Gasteiger partial charge < -0.3 is 15.0 Å². The number of aromatic nitrogens is 3. The normalized spacial score (nSPS) is 20.5. The van der Waals surface area contributed by atoms with Crippen LogP contribution in [0.4, 0.5) is 0 Å². The summed E-state index contributed by atoms with van der Waals surface area (Å²) in [6.45, 7) is 4.42. The molecule has 146 valence electrons. The number of aryl methyl sites for hydroxylation is 2. The average Bonchev–Trinajstić information content (AvgIpc) is 3.08. The number of rotatable bonds is 5. The first-order valence-corrected chi connectivity index (χ1v) is 9.51. The summed E-state index contributed by atoms with van der Waals surface area (Å²) in [7, 11) is 5.72. The predicted molar refractivity (Wildman–Crippen MR) is 106 cm³/mol. The highest BCUT2D eigenvalue weighted by molar-refractivity contribution is 5.79. The second-order valence-corrected chi connectivity index (χ2v) is 7.19. The number of aliphatic imine (C=N–C) groups is 1. The summed E-state index contributed by atoms with van der Waals surface area (Å²) in [5.74, 6) is 2.17. The topological polar surface area (TPSA) is 67.6 Å². The quantitative estimate of drug-likeness (QED) is 0.646. The molecule has 1 fully saturated rings. The molecular formula is C20H30N6O.